The second-order valence-corrected chi connectivity index (χ2v) is 8.98. The second-order valence-electron chi connectivity index (χ2n) is 7.81. The molecule has 0 bridgehead atoms. The molecule has 0 aromatic carbocycles. The minimum Gasteiger partial charge on any atom is -0.353 e. The van der Waals surface area contributed by atoms with E-state index in [1.54, 1.807) is 4.88 Å². The molecule has 5 heteroatoms. The van der Waals surface area contributed by atoms with E-state index in [0.717, 1.165) is 19.5 Å². The molecule has 1 unspecified atom stereocenters. The van der Waals surface area contributed by atoms with Gasteiger partial charge < -0.3 is 5.32 Å². The highest BCUT2D eigenvalue weighted by atomic mass is 32.1. The first-order chi connectivity index (χ1) is 11.8. The van der Waals surface area contributed by atoms with Gasteiger partial charge in [0.2, 0.25) is 5.91 Å². The van der Waals surface area contributed by atoms with Crippen molar-refractivity contribution in [1.29, 1.82) is 0 Å². The van der Waals surface area contributed by atoms with Crippen LogP contribution < -0.4 is 5.32 Å². The van der Waals surface area contributed by atoms with Crippen LogP contribution in [0, 0.1) is 5.92 Å². The van der Waals surface area contributed by atoms with Crippen molar-refractivity contribution in [1.82, 2.24) is 15.2 Å². The average Bonchev–Trinajstić information content (AvgIpc) is 3.30. The summed E-state index contributed by atoms with van der Waals surface area (Å²) in [6, 6.07) is 0.497. The number of nitrogens with zero attached hydrogens (tertiary/aromatic N) is 2. The van der Waals surface area contributed by atoms with Gasteiger partial charge in [-0.1, -0.05) is 0 Å². The SMILES string of the molecule is O=C(CCC1CCCN(Cc2nc3c(s2)CCCC3)C1)NC1CC1. The number of carbonyl (C=O) groups excluding carboxylic acids is 1. The van der Waals surface area contributed by atoms with E-state index >= 15 is 0 Å². The van der Waals surface area contributed by atoms with Crippen molar-refractivity contribution >= 4 is 17.2 Å². The summed E-state index contributed by atoms with van der Waals surface area (Å²) in [7, 11) is 0. The lowest BCUT2D eigenvalue weighted by molar-refractivity contribution is -0.121. The molecule has 2 aliphatic carbocycles. The van der Waals surface area contributed by atoms with Crippen LogP contribution >= 0.6 is 11.3 Å². The quantitative estimate of drug-likeness (QED) is 0.859. The van der Waals surface area contributed by atoms with Crippen LogP contribution in [0.4, 0.5) is 0 Å². The lowest BCUT2D eigenvalue weighted by atomic mass is 9.93. The molecule has 4 rings (SSSR count). The normalized spacial score (nSPS) is 24.6. The highest BCUT2D eigenvalue weighted by Gasteiger charge is 2.25. The van der Waals surface area contributed by atoms with Crippen LogP contribution in [0.1, 0.15) is 66.9 Å². The van der Waals surface area contributed by atoms with Gasteiger partial charge >= 0.3 is 0 Å². The lowest BCUT2D eigenvalue weighted by Crippen LogP contribution is -2.35. The highest BCUT2D eigenvalue weighted by molar-refractivity contribution is 7.11. The van der Waals surface area contributed by atoms with Crippen molar-refractivity contribution in [3.8, 4) is 0 Å². The Morgan fingerprint density at radius 3 is 2.92 bits per heavy atom. The summed E-state index contributed by atoms with van der Waals surface area (Å²) < 4.78 is 0. The summed E-state index contributed by atoms with van der Waals surface area (Å²) in [5.74, 6) is 0.945. The number of likely N-dealkylation sites (tertiary alicyclic amines) is 1. The summed E-state index contributed by atoms with van der Waals surface area (Å²) in [6.45, 7) is 3.35. The summed E-state index contributed by atoms with van der Waals surface area (Å²) >= 11 is 1.95. The Balaban J connectivity index is 1.25. The van der Waals surface area contributed by atoms with Crippen LogP contribution in [0.3, 0.4) is 0 Å². The van der Waals surface area contributed by atoms with Gasteiger partial charge in [0, 0.05) is 23.9 Å². The average molecular weight is 348 g/mol. The molecule has 1 atom stereocenters. The number of hydrogen-bond donors (Lipinski definition) is 1. The Morgan fingerprint density at radius 1 is 1.21 bits per heavy atom. The molecular formula is C19H29N3OS. The van der Waals surface area contributed by atoms with Crippen LogP contribution in [0.25, 0.3) is 0 Å². The Bertz CT molecular complexity index is 558. The zero-order valence-electron chi connectivity index (χ0n) is 14.6. The number of amides is 1. The number of thiazole rings is 1. The molecule has 24 heavy (non-hydrogen) atoms. The van der Waals surface area contributed by atoms with Gasteiger partial charge in [0.05, 0.1) is 12.2 Å². The van der Waals surface area contributed by atoms with E-state index in [1.165, 1.54) is 68.6 Å². The third-order valence-corrected chi connectivity index (χ3v) is 6.72. The van der Waals surface area contributed by atoms with Crippen LogP contribution in [-0.4, -0.2) is 34.9 Å². The summed E-state index contributed by atoms with van der Waals surface area (Å²) in [4.78, 5) is 20.9. The number of fused-ring (bicyclic) bond motifs is 1. The number of hydrogen-bond acceptors (Lipinski definition) is 4. The van der Waals surface area contributed by atoms with Gasteiger partial charge in [0.25, 0.3) is 0 Å². The Labute approximate surface area is 149 Å². The van der Waals surface area contributed by atoms with Crippen molar-refractivity contribution in [3.05, 3.63) is 15.6 Å². The van der Waals surface area contributed by atoms with E-state index < -0.39 is 0 Å². The monoisotopic (exact) mass is 347 g/mol. The molecule has 0 spiro atoms. The Kier molecular flexibility index (Phi) is 5.18. The number of carbonyl (C=O) groups is 1. The molecule has 1 aromatic rings. The van der Waals surface area contributed by atoms with Crippen LogP contribution in [-0.2, 0) is 24.2 Å². The maximum absolute atomic E-state index is 11.9. The Morgan fingerprint density at radius 2 is 2.08 bits per heavy atom. The van der Waals surface area contributed by atoms with E-state index in [1.807, 2.05) is 11.3 Å². The first-order valence-corrected chi connectivity index (χ1v) is 10.6. The minimum atomic E-state index is 0.266. The molecule has 1 aromatic heterocycles. The number of piperidine rings is 1. The predicted molar refractivity (Wildman–Crippen MR) is 97.2 cm³/mol. The maximum Gasteiger partial charge on any atom is 0.220 e. The number of aromatic nitrogens is 1. The zero-order valence-corrected chi connectivity index (χ0v) is 15.4. The first kappa shape index (κ1) is 16.5. The highest BCUT2D eigenvalue weighted by Crippen LogP contribution is 2.29. The van der Waals surface area contributed by atoms with Gasteiger partial charge in [-0.3, -0.25) is 9.69 Å². The summed E-state index contributed by atoms with van der Waals surface area (Å²) in [6.07, 6.45) is 11.7. The summed E-state index contributed by atoms with van der Waals surface area (Å²) in [5.41, 5.74) is 1.38. The maximum atomic E-state index is 11.9. The molecule has 1 aliphatic heterocycles. The van der Waals surface area contributed by atoms with E-state index in [-0.39, 0.29) is 5.91 Å². The van der Waals surface area contributed by atoms with Gasteiger partial charge in [-0.25, -0.2) is 4.98 Å². The number of rotatable bonds is 6. The molecular weight excluding hydrogens is 318 g/mol. The first-order valence-electron chi connectivity index (χ1n) is 9.75. The fraction of sp³-hybridized carbons (Fsp3) is 0.789. The molecule has 1 saturated heterocycles. The van der Waals surface area contributed by atoms with Crippen LogP contribution in [0.5, 0.6) is 0 Å². The number of nitrogens with one attached hydrogen (secondary N) is 1. The van der Waals surface area contributed by atoms with E-state index in [4.69, 9.17) is 4.98 Å². The standard InChI is InChI=1S/C19H29N3OS/c23-18(20-15-8-9-15)10-7-14-4-3-11-22(12-14)13-19-21-16-5-1-2-6-17(16)24-19/h14-15H,1-13H2,(H,20,23). The molecule has 3 aliphatic rings. The lowest BCUT2D eigenvalue weighted by Gasteiger charge is -2.32. The minimum absolute atomic E-state index is 0.266. The molecule has 2 heterocycles. The second kappa shape index (κ2) is 7.52. The van der Waals surface area contributed by atoms with Crippen molar-refractivity contribution in [2.45, 2.75) is 76.8 Å². The largest absolute Gasteiger partial charge is 0.353 e. The molecule has 1 N–H and O–H groups in total. The van der Waals surface area contributed by atoms with Gasteiger partial charge in [-0.2, -0.15) is 0 Å². The Hall–Kier alpha value is -0.940. The van der Waals surface area contributed by atoms with Gasteiger partial charge in [0.1, 0.15) is 5.01 Å². The molecule has 132 valence electrons. The third kappa shape index (κ3) is 4.37. The van der Waals surface area contributed by atoms with Crippen LogP contribution in [0.15, 0.2) is 0 Å². The number of aryl methyl sites for hydroxylation is 2. The zero-order chi connectivity index (χ0) is 16.4. The molecule has 1 amide bonds. The van der Waals surface area contributed by atoms with Gasteiger partial charge in [0.15, 0.2) is 0 Å². The van der Waals surface area contributed by atoms with Gasteiger partial charge in [-0.15, -0.1) is 11.3 Å². The molecule has 0 radical (unpaired) electrons. The third-order valence-electron chi connectivity index (χ3n) is 5.57. The van der Waals surface area contributed by atoms with Crippen molar-refractivity contribution in [2.24, 2.45) is 5.92 Å². The van der Waals surface area contributed by atoms with E-state index in [0.29, 0.717) is 18.4 Å². The van der Waals surface area contributed by atoms with Crippen molar-refractivity contribution < 1.29 is 4.79 Å². The smallest absolute Gasteiger partial charge is 0.220 e. The molecule has 1 saturated carbocycles. The predicted octanol–water partition coefficient (Wildman–Crippen LogP) is 3.29. The van der Waals surface area contributed by atoms with E-state index in [9.17, 15) is 4.79 Å². The molecule has 4 nitrogen and oxygen atoms in total. The van der Waals surface area contributed by atoms with Crippen molar-refractivity contribution in [2.75, 3.05) is 13.1 Å². The van der Waals surface area contributed by atoms with Crippen molar-refractivity contribution in [3.63, 3.8) is 0 Å². The fourth-order valence-electron chi connectivity index (χ4n) is 4.06. The van der Waals surface area contributed by atoms with Crippen LogP contribution in [0.2, 0.25) is 0 Å². The topological polar surface area (TPSA) is 45.2 Å². The molecule has 2 fully saturated rings. The summed E-state index contributed by atoms with van der Waals surface area (Å²) in [5, 5.41) is 4.43. The van der Waals surface area contributed by atoms with E-state index in [2.05, 4.69) is 10.2 Å². The van der Waals surface area contributed by atoms with Gasteiger partial charge in [-0.05, 0) is 70.3 Å². The fourth-order valence-corrected chi connectivity index (χ4v) is 5.26.